The minimum absolute atomic E-state index is 0.0114. The van der Waals surface area contributed by atoms with E-state index in [-0.39, 0.29) is 31.4 Å². The molecule has 0 atom stereocenters. The second-order valence-electron chi connectivity index (χ2n) is 6.63. The van der Waals surface area contributed by atoms with Gasteiger partial charge >= 0.3 is 0 Å². The average molecular weight is 417 g/mol. The van der Waals surface area contributed by atoms with Crippen LogP contribution in [0.25, 0.3) is 0 Å². The number of aryl methyl sites for hydroxylation is 1. The number of carbonyl (C=O) groups is 2. The van der Waals surface area contributed by atoms with Crippen LogP contribution < -0.4 is 20.1 Å². The van der Waals surface area contributed by atoms with E-state index < -0.39 is 15.9 Å². The number of ether oxygens (including phenoxy) is 1. The lowest BCUT2D eigenvalue weighted by Crippen LogP contribution is -2.36. The van der Waals surface area contributed by atoms with Crippen LogP contribution in [0.15, 0.2) is 48.5 Å². The van der Waals surface area contributed by atoms with E-state index in [1.165, 1.54) is 0 Å². The monoisotopic (exact) mass is 417 g/mol. The number of anilines is 1. The van der Waals surface area contributed by atoms with Gasteiger partial charge < -0.3 is 15.4 Å². The van der Waals surface area contributed by atoms with Crippen LogP contribution in [0.1, 0.15) is 17.5 Å². The fourth-order valence-corrected chi connectivity index (χ4v) is 3.74. The first-order valence-corrected chi connectivity index (χ1v) is 10.9. The van der Waals surface area contributed by atoms with E-state index in [2.05, 4.69) is 15.4 Å². The van der Waals surface area contributed by atoms with Gasteiger partial charge in [-0.2, -0.15) is 0 Å². The highest BCUT2D eigenvalue weighted by Crippen LogP contribution is 2.26. The molecule has 1 heterocycles. The van der Waals surface area contributed by atoms with Crippen LogP contribution in [0.4, 0.5) is 5.69 Å². The molecule has 0 saturated heterocycles. The third-order valence-electron chi connectivity index (χ3n) is 4.37. The van der Waals surface area contributed by atoms with Crippen molar-refractivity contribution in [3.63, 3.8) is 0 Å². The maximum Gasteiger partial charge on any atom is 0.257 e. The first-order valence-electron chi connectivity index (χ1n) is 9.25. The van der Waals surface area contributed by atoms with Crippen LogP contribution in [0.5, 0.6) is 5.75 Å². The van der Waals surface area contributed by atoms with Crippen molar-refractivity contribution in [2.24, 2.45) is 0 Å². The summed E-state index contributed by atoms with van der Waals surface area (Å²) in [5.74, 6) is -0.121. The summed E-state index contributed by atoms with van der Waals surface area (Å²) in [5, 5.41) is 5.31. The molecule has 9 heteroatoms. The number of sulfonamides is 1. The van der Waals surface area contributed by atoms with Crippen molar-refractivity contribution in [1.29, 1.82) is 0 Å². The Morgan fingerprint density at radius 3 is 2.69 bits per heavy atom. The molecular formula is C20H23N3O5S. The lowest BCUT2D eigenvalue weighted by molar-refractivity contribution is -0.123. The van der Waals surface area contributed by atoms with Gasteiger partial charge in [0, 0.05) is 25.2 Å². The summed E-state index contributed by atoms with van der Waals surface area (Å²) < 4.78 is 32.0. The highest BCUT2D eigenvalue weighted by atomic mass is 32.2. The highest BCUT2D eigenvalue weighted by molar-refractivity contribution is 7.89. The van der Waals surface area contributed by atoms with Gasteiger partial charge in [0.05, 0.1) is 5.75 Å². The van der Waals surface area contributed by atoms with Crippen molar-refractivity contribution in [2.75, 3.05) is 24.2 Å². The molecule has 0 bridgehead atoms. The van der Waals surface area contributed by atoms with Crippen LogP contribution >= 0.6 is 0 Å². The van der Waals surface area contributed by atoms with E-state index in [1.54, 1.807) is 18.2 Å². The van der Waals surface area contributed by atoms with Gasteiger partial charge in [0.2, 0.25) is 15.9 Å². The molecule has 3 rings (SSSR count). The van der Waals surface area contributed by atoms with Gasteiger partial charge in [-0.25, -0.2) is 13.1 Å². The molecule has 0 spiro atoms. The van der Waals surface area contributed by atoms with Crippen molar-refractivity contribution >= 4 is 27.5 Å². The van der Waals surface area contributed by atoms with Crippen LogP contribution in [0.2, 0.25) is 0 Å². The van der Waals surface area contributed by atoms with Gasteiger partial charge in [-0.15, -0.1) is 0 Å². The van der Waals surface area contributed by atoms with Gasteiger partial charge in [-0.05, 0) is 35.7 Å². The Morgan fingerprint density at radius 1 is 1.10 bits per heavy atom. The van der Waals surface area contributed by atoms with Crippen molar-refractivity contribution in [3.05, 3.63) is 59.7 Å². The van der Waals surface area contributed by atoms with Gasteiger partial charge in [-0.3, -0.25) is 9.59 Å². The third-order valence-corrected chi connectivity index (χ3v) is 5.70. The predicted octanol–water partition coefficient (Wildman–Crippen LogP) is 1.19. The zero-order valence-electron chi connectivity index (χ0n) is 15.8. The lowest BCUT2D eigenvalue weighted by Gasteiger charge is -2.17. The zero-order chi connectivity index (χ0) is 20.7. The van der Waals surface area contributed by atoms with E-state index >= 15 is 0 Å². The number of amides is 2. The number of fused-ring (bicyclic) bond motifs is 1. The second kappa shape index (κ2) is 9.53. The molecule has 0 aliphatic carbocycles. The normalized spacial score (nSPS) is 13.3. The molecule has 0 fully saturated rings. The molecule has 8 nitrogen and oxygen atoms in total. The highest BCUT2D eigenvalue weighted by Gasteiger charge is 2.15. The van der Waals surface area contributed by atoms with Crippen molar-refractivity contribution < 1.29 is 22.7 Å². The number of hydrogen-bond acceptors (Lipinski definition) is 5. The number of carbonyl (C=O) groups excluding carboxylic acids is 2. The number of nitrogens with one attached hydrogen (secondary N) is 3. The Hall–Kier alpha value is -2.91. The van der Waals surface area contributed by atoms with E-state index in [1.807, 2.05) is 30.3 Å². The van der Waals surface area contributed by atoms with E-state index in [0.717, 1.165) is 16.8 Å². The van der Waals surface area contributed by atoms with E-state index in [9.17, 15) is 18.0 Å². The average Bonchev–Trinajstić information content (AvgIpc) is 2.71. The third kappa shape index (κ3) is 6.58. The minimum atomic E-state index is -3.50. The van der Waals surface area contributed by atoms with Crippen molar-refractivity contribution in [3.8, 4) is 5.75 Å². The van der Waals surface area contributed by atoms with E-state index in [4.69, 9.17) is 4.74 Å². The maximum absolute atomic E-state index is 12.0. The van der Waals surface area contributed by atoms with Crippen molar-refractivity contribution in [1.82, 2.24) is 10.0 Å². The number of rotatable bonds is 9. The fraction of sp³-hybridized carbons (Fsp3) is 0.300. The molecule has 3 N–H and O–H groups in total. The van der Waals surface area contributed by atoms with Gasteiger partial charge in [0.15, 0.2) is 6.61 Å². The summed E-state index contributed by atoms with van der Waals surface area (Å²) in [7, 11) is -3.50. The van der Waals surface area contributed by atoms with Crippen LogP contribution in [-0.4, -0.2) is 39.1 Å². The Morgan fingerprint density at radius 2 is 1.90 bits per heavy atom. The molecule has 2 aromatic carbocycles. The summed E-state index contributed by atoms with van der Waals surface area (Å²) in [6, 6.07) is 14.4. The number of benzene rings is 2. The number of hydrogen-bond donors (Lipinski definition) is 3. The SMILES string of the molecule is O=C(COc1ccc2c(c1)CCC(=O)N2)NCCS(=O)(=O)NCc1ccccc1. The lowest BCUT2D eigenvalue weighted by atomic mass is 10.0. The first-order chi connectivity index (χ1) is 13.9. The molecule has 0 aromatic heterocycles. The van der Waals surface area contributed by atoms with Crippen molar-refractivity contribution in [2.45, 2.75) is 19.4 Å². The first kappa shape index (κ1) is 20.8. The molecule has 29 heavy (non-hydrogen) atoms. The standard InChI is InChI=1S/C20H23N3O5S/c24-19-9-6-16-12-17(7-8-18(16)23-19)28-14-20(25)21-10-11-29(26,27)22-13-15-4-2-1-3-5-15/h1-5,7-8,12,22H,6,9-11,13-14H2,(H,21,25)(H,23,24). The summed E-state index contributed by atoms with van der Waals surface area (Å²) >= 11 is 0. The van der Waals surface area contributed by atoms with Crippen LogP contribution in [0.3, 0.4) is 0 Å². The molecule has 2 amide bonds. The fourth-order valence-electron chi connectivity index (χ4n) is 2.84. The summed E-state index contributed by atoms with van der Waals surface area (Å²) in [4.78, 5) is 23.3. The molecular weight excluding hydrogens is 394 g/mol. The molecule has 1 aliphatic rings. The predicted molar refractivity (Wildman–Crippen MR) is 109 cm³/mol. The smallest absolute Gasteiger partial charge is 0.257 e. The molecule has 1 aliphatic heterocycles. The Bertz CT molecular complexity index is 977. The second-order valence-corrected chi connectivity index (χ2v) is 8.56. The summed E-state index contributed by atoms with van der Waals surface area (Å²) in [6.07, 6.45) is 1.04. The largest absolute Gasteiger partial charge is 0.484 e. The van der Waals surface area contributed by atoms with Gasteiger partial charge in [-0.1, -0.05) is 30.3 Å². The van der Waals surface area contributed by atoms with Gasteiger partial charge in [0.25, 0.3) is 5.91 Å². The van der Waals surface area contributed by atoms with E-state index in [0.29, 0.717) is 18.6 Å². The topological polar surface area (TPSA) is 114 Å². The summed E-state index contributed by atoms with van der Waals surface area (Å²) in [5.41, 5.74) is 2.57. The molecule has 0 saturated carbocycles. The van der Waals surface area contributed by atoms with Crippen LogP contribution in [0, 0.1) is 0 Å². The van der Waals surface area contributed by atoms with Crippen LogP contribution in [-0.2, 0) is 32.6 Å². The van der Waals surface area contributed by atoms with Gasteiger partial charge in [0.1, 0.15) is 5.75 Å². The quantitative estimate of drug-likeness (QED) is 0.567. The zero-order valence-corrected chi connectivity index (χ0v) is 16.6. The molecule has 0 unspecified atom stereocenters. The Labute approximate surface area is 169 Å². The molecule has 2 aromatic rings. The minimum Gasteiger partial charge on any atom is -0.484 e. The maximum atomic E-state index is 12.0. The summed E-state index contributed by atoms with van der Waals surface area (Å²) in [6.45, 7) is -0.0236. The molecule has 0 radical (unpaired) electrons. The Kier molecular flexibility index (Phi) is 6.84. The molecule has 154 valence electrons. The Balaban J connectivity index is 1.38.